The Kier molecular flexibility index (Phi) is 4.50. The molecule has 1 aromatic heterocycles. The molecule has 24 heavy (non-hydrogen) atoms. The van der Waals surface area contributed by atoms with Crippen LogP contribution in [0.25, 0.3) is 12.2 Å². The molecule has 0 atom stereocenters. The van der Waals surface area contributed by atoms with E-state index >= 15 is 0 Å². The zero-order chi connectivity index (χ0) is 17.3. The summed E-state index contributed by atoms with van der Waals surface area (Å²) in [5.41, 5.74) is 2.77. The number of ketones is 1. The Balaban J connectivity index is 2.13. The molecule has 0 aliphatic heterocycles. The molecule has 1 aliphatic rings. The second-order valence-corrected chi connectivity index (χ2v) is 7.41. The second-order valence-electron chi connectivity index (χ2n) is 7.03. The molecule has 4 heteroatoms. The maximum Gasteiger partial charge on any atom is 0.168 e. The van der Waals surface area contributed by atoms with Crippen molar-refractivity contribution >= 4 is 30.2 Å². The van der Waals surface area contributed by atoms with Crippen LogP contribution in [0.1, 0.15) is 54.6 Å². The number of benzene rings is 1. The average Bonchev–Trinajstić information content (AvgIpc) is 2.52. The summed E-state index contributed by atoms with van der Waals surface area (Å²) in [6, 6.07) is 10.1. The second kappa shape index (κ2) is 6.44. The lowest BCUT2D eigenvalue weighted by Gasteiger charge is -2.32. The van der Waals surface area contributed by atoms with Crippen LogP contribution in [-0.4, -0.2) is 15.3 Å². The van der Waals surface area contributed by atoms with Crippen molar-refractivity contribution in [2.45, 2.75) is 40.2 Å². The van der Waals surface area contributed by atoms with Gasteiger partial charge in [0, 0.05) is 18.7 Å². The summed E-state index contributed by atoms with van der Waals surface area (Å²) in [7, 11) is 0. The van der Waals surface area contributed by atoms with Gasteiger partial charge in [0.1, 0.15) is 10.5 Å². The molecule has 0 fully saturated rings. The smallest absolute Gasteiger partial charge is 0.168 e. The maximum atomic E-state index is 12.5. The Morgan fingerprint density at radius 1 is 1.21 bits per heavy atom. The van der Waals surface area contributed by atoms with Crippen LogP contribution in [-0.2, 0) is 13.0 Å². The zero-order valence-electron chi connectivity index (χ0n) is 14.4. The Bertz CT molecular complexity index is 863. The zero-order valence-corrected chi connectivity index (χ0v) is 15.2. The standard InChI is InChI=1S/C20H22N2OS/c1-4-22-15-12-20(2,3)13-16(23)18(15)19(24)21-17(22)11-10-14-8-6-5-7-9-14/h5-11H,4,12-13H2,1-3H3/b11-10+. The van der Waals surface area contributed by atoms with Gasteiger partial charge in [-0.2, -0.15) is 0 Å². The minimum atomic E-state index is -0.0372. The van der Waals surface area contributed by atoms with Gasteiger partial charge in [-0.05, 0) is 30.4 Å². The predicted molar refractivity (Wildman–Crippen MR) is 101 cm³/mol. The third-order valence-corrected chi connectivity index (χ3v) is 4.72. The number of rotatable bonds is 3. The van der Waals surface area contributed by atoms with E-state index in [0.29, 0.717) is 16.6 Å². The van der Waals surface area contributed by atoms with Gasteiger partial charge in [-0.1, -0.05) is 62.5 Å². The Morgan fingerprint density at radius 2 is 1.92 bits per heavy atom. The van der Waals surface area contributed by atoms with Crippen LogP contribution in [0.5, 0.6) is 0 Å². The van der Waals surface area contributed by atoms with Crippen molar-refractivity contribution in [3.63, 3.8) is 0 Å². The summed E-state index contributed by atoms with van der Waals surface area (Å²) in [6.07, 6.45) is 5.40. The fourth-order valence-corrected chi connectivity index (χ4v) is 3.66. The van der Waals surface area contributed by atoms with E-state index in [2.05, 4.69) is 30.3 Å². The average molecular weight is 338 g/mol. The normalized spacial score (nSPS) is 16.4. The van der Waals surface area contributed by atoms with Gasteiger partial charge in [-0.15, -0.1) is 0 Å². The van der Waals surface area contributed by atoms with Crippen LogP contribution < -0.4 is 0 Å². The molecule has 0 spiro atoms. The molecular weight excluding hydrogens is 316 g/mol. The van der Waals surface area contributed by atoms with Crippen molar-refractivity contribution in [1.29, 1.82) is 0 Å². The number of hydrogen-bond acceptors (Lipinski definition) is 3. The first-order valence-electron chi connectivity index (χ1n) is 8.31. The molecule has 0 unspecified atom stereocenters. The number of fused-ring (bicyclic) bond motifs is 1. The van der Waals surface area contributed by atoms with Gasteiger partial charge in [0.05, 0.1) is 5.56 Å². The summed E-state index contributed by atoms with van der Waals surface area (Å²) >= 11 is 5.44. The van der Waals surface area contributed by atoms with Crippen molar-refractivity contribution in [2.24, 2.45) is 5.41 Å². The quantitative estimate of drug-likeness (QED) is 0.742. The van der Waals surface area contributed by atoms with Crippen LogP contribution in [0.2, 0.25) is 0 Å². The van der Waals surface area contributed by atoms with Crippen molar-refractivity contribution in [3.05, 3.63) is 57.6 Å². The summed E-state index contributed by atoms with van der Waals surface area (Å²) in [6.45, 7) is 7.12. The minimum absolute atomic E-state index is 0.0372. The van der Waals surface area contributed by atoms with Crippen LogP contribution in [0.4, 0.5) is 0 Å². The molecule has 124 valence electrons. The number of carbonyl (C=O) groups excluding carboxylic acids is 1. The number of aromatic nitrogens is 2. The molecule has 0 bridgehead atoms. The van der Waals surface area contributed by atoms with Gasteiger partial charge >= 0.3 is 0 Å². The van der Waals surface area contributed by atoms with Crippen molar-refractivity contribution in [2.75, 3.05) is 0 Å². The van der Waals surface area contributed by atoms with E-state index in [-0.39, 0.29) is 11.2 Å². The number of nitrogens with zero attached hydrogens (tertiary/aromatic N) is 2. The van der Waals surface area contributed by atoms with E-state index in [9.17, 15) is 4.79 Å². The fraction of sp³-hybridized carbons (Fsp3) is 0.350. The lowest BCUT2D eigenvalue weighted by molar-refractivity contribution is 0.0906. The molecule has 0 saturated carbocycles. The van der Waals surface area contributed by atoms with E-state index in [1.165, 1.54) is 0 Å². The van der Waals surface area contributed by atoms with Gasteiger partial charge in [-0.25, -0.2) is 4.98 Å². The lowest BCUT2D eigenvalue weighted by Crippen LogP contribution is -2.31. The molecule has 0 radical (unpaired) electrons. The van der Waals surface area contributed by atoms with Crippen molar-refractivity contribution in [1.82, 2.24) is 9.55 Å². The topological polar surface area (TPSA) is 34.9 Å². The van der Waals surface area contributed by atoms with Gasteiger partial charge in [0.2, 0.25) is 0 Å². The highest BCUT2D eigenvalue weighted by molar-refractivity contribution is 7.71. The molecule has 0 amide bonds. The molecule has 2 aromatic rings. The van der Waals surface area contributed by atoms with Crippen LogP contribution in [0.3, 0.4) is 0 Å². The molecular formula is C20H22N2OS. The molecule has 3 rings (SSSR count). The minimum Gasteiger partial charge on any atom is -0.330 e. The van der Waals surface area contributed by atoms with E-state index in [1.807, 2.05) is 42.5 Å². The molecule has 1 aromatic carbocycles. The van der Waals surface area contributed by atoms with Crippen LogP contribution >= 0.6 is 12.2 Å². The van der Waals surface area contributed by atoms with Crippen LogP contribution in [0.15, 0.2) is 30.3 Å². The molecule has 0 saturated heterocycles. The van der Waals surface area contributed by atoms with Gasteiger partial charge in [-0.3, -0.25) is 4.79 Å². The van der Waals surface area contributed by atoms with Crippen LogP contribution in [0, 0.1) is 10.1 Å². The molecule has 1 aliphatic carbocycles. The third-order valence-electron chi connectivity index (χ3n) is 4.43. The maximum absolute atomic E-state index is 12.5. The van der Waals surface area contributed by atoms with E-state index < -0.39 is 0 Å². The first kappa shape index (κ1) is 16.8. The van der Waals surface area contributed by atoms with Crippen molar-refractivity contribution < 1.29 is 4.79 Å². The summed E-state index contributed by atoms with van der Waals surface area (Å²) in [5, 5.41) is 0. The van der Waals surface area contributed by atoms with Gasteiger partial charge < -0.3 is 4.57 Å². The summed E-state index contributed by atoms with van der Waals surface area (Å²) < 4.78 is 2.56. The summed E-state index contributed by atoms with van der Waals surface area (Å²) in [4.78, 5) is 17.1. The van der Waals surface area contributed by atoms with Crippen molar-refractivity contribution in [3.8, 4) is 0 Å². The highest BCUT2D eigenvalue weighted by atomic mass is 32.1. The molecule has 3 nitrogen and oxygen atoms in total. The highest BCUT2D eigenvalue weighted by Gasteiger charge is 2.34. The van der Waals surface area contributed by atoms with E-state index in [4.69, 9.17) is 12.2 Å². The fourth-order valence-electron chi connectivity index (χ4n) is 3.33. The Morgan fingerprint density at radius 3 is 2.58 bits per heavy atom. The largest absolute Gasteiger partial charge is 0.330 e. The van der Waals surface area contributed by atoms with E-state index in [1.54, 1.807) is 0 Å². The number of Topliss-reactive ketones (excluding diaryl/α,β-unsaturated/α-hetero) is 1. The van der Waals surface area contributed by atoms with E-state index in [0.717, 1.165) is 30.0 Å². The SMILES string of the molecule is CCn1c(/C=C/c2ccccc2)nc(=S)c2c1CC(C)(C)CC2=O. The number of hydrogen-bond donors (Lipinski definition) is 0. The lowest BCUT2D eigenvalue weighted by atomic mass is 9.76. The molecule has 1 heterocycles. The first-order chi connectivity index (χ1) is 11.4. The first-order valence-corrected chi connectivity index (χ1v) is 8.72. The summed E-state index contributed by atoms with van der Waals surface area (Å²) in [5.74, 6) is 0.940. The Hall–Kier alpha value is -2.07. The monoisotopic (exact) mass is 338 g/mol. The van der Waals surface area contributed by atoms with Gasteiger partial charge in [0.15, 0.2) is 5.78 Å². The number of carbonyl (C=O) groups is 1. The predicted octanol–water partition coefficient (Wildman–Crippen LogP) is 4.96. The Labute approximate surface area is 148 Å². The third kappa shape index (κ3) is 3.24. The molecule has 0 N–H and O–H groups in total. The van der Waals surface area contributed by atoms with Gasteiger partial charge in [0.25, 0.3) is 0 Å². The highest BCUT2D eigenvalue weighted by Crippen LogP contribution is 2.35.